The largest absolute Gasteiger partial charge is 0.493 e. The van der Waals surface area contributed by atoms with Gasteiger partial charge in [-0.1, -0.05) is 6.07 Å². The molecular weight excluding hydrogens is 431 g/mol. The van der Waals surface area contributed by atoms with Crippen LogP contribution in [-0.2, 0) is 21.4 Å². The summed E-state index contributed by atoms with van der Waals surface area (Å²) in [5, 5.41) is 12.0. The number of methoxy groups -OCH3 is 1. The molecule has 2 aliphatic heterocycles. The van der Waals surface area contributed by atoms with Crippen molar-refractivity contribution in [1.29, 1.82) is 0 Å². The van der Waals surface area contributed by atoms with Gasteiger partial charge < -0.3 is 30.0 Å². The maximum atomic E-state index is 12.2. The van der Waals surface area contributed by atoms with Crippen molar-refractivity contribution >= 4 is 30.8 Å². The lowest BCUT2D eigenvalue weighted by Crippen LogP contribution is -2.74. The zero-order valence-electron chi connectivity index (χ0n) is 17.2. The van der Waals surface area contributed by atoms with E-state index in [-0.39, 0.29) is 30.9 Å². The molecule has 0 amide bonds. The molecule has 4 aliphatic rings. The van der Waals surface area contributed by atoms with Crippen LogP contribution in [0.2, 0.25) is 0 Å². The molecule has 0 saturated carbocycles. The Kier molecular flexibility index (Phi) is 5.84. The Bertz CT molecular complexity index is 908. The molecule has 9 heteroatoms. The lowest BCUT2D eigenvalue weighted by atomic mass is 9.50. The highest BCUT2D eigenvalue weighted by Gasteiger charge is 2.72. The number of likely N-dealkylation sites (N-methyl/N-ethyl adjacent to an activating group) is 1. The number of hydrogen-bond donors (Lipinski definition) is 2. The molecule has 0 aromatic heterocycles. The van der Waals surface area contributed by atoms with Crippen molar-refractivity contribution in [3.8, 4) is 11.5 Å². The molecule has 1 unspecified atom stereocenters. The zero-order valence-corrected chi connectivity index (χ0v) is 18.8. The third-order valence-corrected chi connectivity index (χ3v) is 7.15. The van der Waals surface area contributed by atoms with Crippen molar-refractivity contribution in [2.75, 3.05) is 20.7 Å². The number of benzene rings is 1. The number of ether oxygens (including phenoxy) is 3. The maximum Gasteiger partial charge on any atom is 0.327 e. The van der Waals surface area contributed by atoms with Crippen LogP contribution in [0.15, 0.2) is 24.0 Å². The van der Waals surface area contributed by atoms with E-state index in [1.54, 1.807) is 20.1 Å². The second-order valence-corrected chi connectivity index (χ2v) is 8.50. The van der Waals surface area contributed by atoms with Gasteiger partial charge in [-0.3, -0.25) is 0 Å². The SMILES string of the molecule is COc1ccc2c3c1O[C@H]1C(OC(=O)C(C)N)=CC[C@@]4(O)[C@@H](C2)N(C)CC[C@]314.Cl.Cl. The molecule has 2 heterocycles. The maximum absolute atomic E-state index is 12.2. The van der Waals surface area contributed by atoms with Gasteiger partial charge in [-0.15, -0.1) is 24.8 Å². The van der Waals surface area contributed by atoms with E-state index in [1.807, 2.05) is 6.07 Å². The van der Waals surface area contributed by atoms with E-state index in [9.17, 15) is 9.90 Å². The van der Waals surface area contributed by atoms with Crippen molar-refractivity contribution < 1.29 is 24.1 Å². The van der Waals surface area contributed by atoms with Crippen molar-refractivity contribution in [3.63, 3.8) is 0 Å². The number of rotatable bonds is 3. The van der Waals surface area contributed by atoms with Crippen LogP contribution in [0.4, 0.5) is 0 Å². The van der Waals surface area contributed by atoms with Crippen LogP contribution < -0.4 is 15.2 Å². The van der Waals surface area contributed by atoms with E-state index in [4.69, 9.17) is 19.9 Å². The summed E-state index contributed by atoms with van der Waals surface area (Å²) in [6.07, 6.45) is 3.09. The molecule has 30 heavy (non-hydrogen) atoms. The van der Waals surface area contributed by atoms with Crippen LogP contribution >= 0.6 is 24.8 Å². The first-order valence-electron chi connectivity index (χ1n) is 9.80. The molecular formula is C21H28Cl2N2O5. The Labute approximate surface area is 188 Å². The van der Waals surface area contributed by atoms with Crippen molar-refractivity contribution in [1.82, 2.24) is 4.90 Å². The van der Waals surface area contributed by atoms with Gasteiger partial charge in [0.05, 0.1) is 18.1 Å². The molecule has 1 aromatic carbocycles. The van der Waals surface area contributed by atoms with Gasteiger partial charge >= 0.3 is 5.97 Å². The number of piperidine rings is 1. The summed E-state index contributed by atoms with van der Waals surface area (Å²) >= 11 is 0. The van der Waals surface area contributed by atoms with E-state index in [1.165, 1.54) is 5.56 Å². The van der Waals surface area contributed by atoms with Gasteiger partial charge in [-0.05, 0) is 51.1 Å². The number of nitrogens with zero attached hydrogens (tertiary/aromatic N) is 1. The summed E-state index contributed by atoms with van der Waals surface area (Å²) in [6.45, 7) is 2.43. The number of carbonyl (C=O) groups excluding carboxylic acids is 1. The molecule has 5 rings (SSSR count). The summed E-state index contributed by atoms with van der Waals surface area (Å²) in [5.41, 5.74) is 6.23. The fourth-order valence-corrected chi connectivity index (χ4v) is 5.80. The number of likely N-dealkylation sites (tertiary alicyclic amines) is 1. The fourth-order valence-electron chi connectivity index (χ4n) is 5.80. The number of hydrogen-bond acceptors (Lipinski definition) is 7. The van der Waals surface area contributed by atoms with Gasteiger partial charge in [0.1, 0.15) is 11.8 Å². The van der Waals surface area contributed by atoms with Crippen LogP contribution in [0.5, 0.6) is 11.5 Å². The standard InChI is InChI=1S/C21H26N2O5.2ClH/c1-11(22)19(24)27-14-6-7-21(25)15-10-12-4-5-13(26-3)17-16(12)20(21,18(14)28-17)8-9-23(15)2;;/h4-6,11,15,18,25H,7-10,22H2,1-3H3;2*1H/t11?,15-,18+,20+,21-;;/m1../s1. The number of esters is 1. The Morgan fingerprint density at radius 1 is 1.40 bits per heavy atom. The first-order chi connectivity index (χ1) is 13.3. The molecule has 1 spiro atoms. The third kappa shape index (κ3) is 2.66. The Morgan fingerprint density at radius 3 is 2.80 bits per heavy atom. The first kappa shape index (κ1) is 23.2. The number of aliphatic hydroxyl groups is 1. The lowest BCUT2D eigenvalue weighted by Gasteiger charge is -2.61. The fraction of sp³-hybridized carbons (Fsp3) is 0.571. The van der Waals surface area contributed by atoms with Crippen LogP contribution in [0.3, 0.4) is 0 Å². The summed E-state index contributed by atoms with van der Waals surface area (Å²) < 4.78 is 17.6. The predicted octanol–water partition coefficient (Wildman–Crippen LogP) is 1.71. The van der Waals surface area contributed by atoms with Crippen molar-refractivity contribution in [3.05, 3.63) is 35.1 Å². The summed E-state index contributed by atoms with van der Waals surface area (Å²) in [6, 6.07) is 3.23. The van der Waals surface area contributed by atoms with Crippen LogP contribution in [-0.4, -0.2) is 60.5 Å². The van der Waals surface area contributed by atoms with Gasteiger partial charge in [0, 0.05) is 18.0 Å². The minimum Gasteiger partial charge on any atom is -0.493 e. The average Bonchev–Trinajstić information content (AvgIpc) is 3.02. The first-order valence-corrected chi connectivity index (χ1v) is 9.80. The molecule has 1 saturated heterocycles. The van der Waals surface area contributed by atoms with E-state index in [2.05, 4.69) is 18.0 Å². The van der Waals surface area contributed by atoms with E-state index < -0.39 is 29.1 Å². The Balaban J connectivity index is 0.00000128. The van der Waals surface area contributed by atoms with Crippen LogP contribution in [0, 0.1) is 0 Å². The quantitative estimate of drug-likeness (QED) is 0.665. The second kappa shape index (κ2) is 7.57. The Morgan fingerprint density at radius 2 is 2.13 bits per heavy atom. The molecule has 7 nitrogen and oxygen atoms in total. The van der Waals surface area contributed by atoms with E-state index in [0.717, 1.165) is 18.5 Å². The van der Waals surface area contributed by atoms with Crippen molar-refractivity contribution in [2.45, 2.75) is 55.4 Å². The normalized spacial score (nSPS) is 33.7. The van der Waals surface area contributed by atoms with Crippen LogP contribution in [0.25, 0.3) is 0 Å². The van der Waals surface area contributed by atoms with E-state index >= 15 is 0 Å². The predicted molar refractivity (Wildman–Crippen MR) is 116 cm³/mol. The number of carbonyl (C=O) groups is 1. The highest BCUT2D eigenvalue weighted by Crippen LogP contribution is 2.65. The smallest absolute Gasteiger partial charge is 0.327 e. The Hall–Kier alpha value is -1.51. The highest BCUT2D eigenvalue weighted by molar-refractivity contribution is 5.85. The van der Waals surface area contributed by atoms with Gasteiger partial charge in [-0.25, -0.2) is 4.79 Å². The average molecular weight is 459 g/mol. The summed E-state index contributed by atoms with van der Waals surface area (Å²) in [4.78, 5) is 14.5. The highest BCUT2D eigenvalue weighted by atomic mass is 35.5. The summed E-state index contributed by atoms with van der Waals surface area (Å²) in [5.74, 6) is 1.25. The molecule has 2 bridgehead atoms. The third-order valence-electron chi connectivity index (χ3n) is 7.15. The second-order valence-electron chi connectivity index (χ2n) is 8.50. The van der Waals surface area contributed by atoms with E-state index in [0.29, 0.717) is 30.1 Å². The molecule has 1 aromatic rings. The molecule has 1 fully saturated rings. The minimum absolute atomic E-state index is 0. The number of halogens is 2. The minimum atomic E-state index is -1.00. The molecule has 166 valence electrons. The van der Waals surface area contributed by atoms with Gasteiger partial charge in [0.15, 0.2) is 17.6 Å². The van der Waals surface area contributed by atoms with Gasteiger partial charge in [-0.2, -0.15) is 0 Å². The van der Waals surface area contributed by atoms with Gasteiger partial charge in [0.25, 0.3) is 0 Å². The zero-order chi connectivity index (χ0) is 19.8. The molecule has 3 N–H and O–H groups in total. The van der Waals surface area contributed by atoms with Crippen molar-refractivity contribution in [2.24, 2.45) is 5.73 Å². The molecule has 2 aliphatic carbocycles. The monoisotopic (exact) mass is 458 g/mol. The van der Waals surface area contributed by atoms with Gasteiger partial charge in [0.2, 0.25) is 0 Å². The number of nitrogens with two attached hydrogens (primary N) is 1. The summed E-state index contributed by atoms with van der Waals surface area (Å²) in [7, 11) is 3.67. The lowest BCUT2D eigenvalue weighted by molar-refractivity contribution is -0.169. The van der Waals surface area contributed by atoms with Crippen LogP contribution in [0.1, 0.15) is 30.9 Å². The topological polar surface area (TPSA) is 94.2 Å². The molecule has 5 atom stereocenters. The molecule has 0 radical (unpaired) electrons.